The van der Waals surface area contributed by atoms with Crippen LogP contribution in [0.25, 0.3) is 0 Å². The van der Waals surface area contributed by atoms with Crippen molar-refractivity contribution in [3.05, 3.63) is 53.6 Å². The number of amides is 1. The molecule has 2 N–H and O–H groups in total. The summed E-state index contributed by atoms with van der Waals surface area (Å²) in [6, 6.07) is 10.6. The molecule has 32 heavy (non-hydrogen) atoms. The molecular formula is C22H28N2O7S. The lowest BCUT2D eigenvalue weighted by Gasteiger charge is -2.28. The summed E-state index contributed by atoms with van der Waals surface area (Å²) in [7, 11) is -2.60. The summed E-state index contributed by atoms with van der Waals surface area (Å²) in [5.74, 6) is -0.681. The Kier molecular flexibility index (Phi) is 9.03. The Morgan fingerprint density at radius 1 is 1.09 bits per heavy atom. The number of anilines is 1. The molecule has 9 nitrogen and oxygen atoms in total. The highest BCUT2D eigenvalue weighted by Crippen LogP contribution is 2.31. The van der Waals surface area contributed by atoms with Crippen LogP contribution in [0.1, 0.15) is 42.1 Å². The van der Waals surface area contributed by atoms with Gasteiger partial charge in [-0.25, -0.2) is 13.9 Å². The number of carbonyl (C=O) groups is 2. The maximum atomic E-state index is 13.6. The van der Waals surface area contributed by atoms with Gasteiger partial charge in [-0.1, -0.05) is 12.1 Å². The van der Waals surface area contributed by atoms with Crippen LogP contribution in [0.4, 0.5) is 5.69 Å². The molecule has 0 saturated heterocycles. The van der Waals surface area contributed by atoms with E-state index in [0.717, 1.165) is 4.31 Å². The van der Waals surface area contributed by atoms with Crippen molar-refractivity contribution in [1.82, 2.24) is 5.48 Å². The number of hydrogen-bond acceptors (Lipinski definition) is 7. The Balaban J connectivity index is 2.46. The van der Waals surface area contributed by atoms with E-state index in [4.69, 9.17) is 14.7 Å². The molecule has 0 fully saturated rings. The predicted molar refractivity (Wildman–Crippen MR) is 118 cm³/mol. The first kappa shape index (κ1) is 25.2. The van der Waals surface area contributed by atoms with Crippen LogP contribution in [0, 0.1) is 6.92 Å². The largest absolute Gasteiger partial charge is 0.497 e. The molecule has 0 heterocycles. The molecule has 0 saturated carbocycles. The highest BCUT2D eigenvalue weighted by atomic mass is 32.2. The fraction of sp³-hybridized carbons (Fsp3) is 0.364. The number of methoxy groups -OCH3 is 1. The van der Waals surface area contributed by atoms with Crippen molar-refractivity contribution in [2.45, 2.75) is 38.0 Å². The van der Waals surface area contributed by atoms with Gasteiger partial charge in [-0.05, 0) is 62.6 Å². The number of nitrogens with one attached hydrogen (secondary N) is 1. The number of carbonyl (C=O) groups excluding carboxylic acids is 2. The van der Waals surface area contributed by atoms with Crippen molar-refractivity contribution >= 4 is 27.6 Å². The minimum Gasteiger partial charge on any atom is -0.497 e. The lowest BCUT2D eigenvalue weighted by molar-refractivity contribution is -0.143. The zero-order valence-corrected chi connectivity index (χ0v) is 19.1. The highest BCUT2D eigenvalue weighted by molar-refractivity contribution is 7.92. The number of sulfonamides is 1. The number of rotatable bonds is 11. The van der Waals surface area contributed by atoms with E-state index in [9.17, 15) is 18.0 Å². The molecule has 10 heteroatoms. The molecule has 0 aliphatic rings. The van der Waals surface area contributed by atoms with Crippen LogP contribution in [0.3, 0.4) is 0 Å². The molecule has 2 aromatic carbocycles. The second kappa shape index (κ2) is 11.5. The quantitative estimate of drug-likeness (QED) is 0.227. The molecule has 2 aromatic rings. The monoisotopic (exact) mass is 464 g/mol. The Morgan fingerprint density at radius 3 is 2.38 bits per heavy atom. The first-order chi connectivity index (χ1) is 15.3. The summed E-state index contributed by atoms with van der Waals surface area (Å²) in [6.07, 6.45) is 0.908. The van der Waals surface area contributed by atoms with Gasteiger partial charge in [0.2, 0.25) is 0 Å². The number of esters is 1. The predicted octanol–water partition coefficient (Wildman–Crippen LogP) is 3.05. The molecule has 0 aliphatic heterocycles. The number of aryl methyl sites for hydroxylation is 1. The maximum Gasteiger partial charge on any atom is 0.305 e. The Bertz CT molecular complexity index is 1040. The second-order valence-corrected chi connectivity index (χ2v) is 8.79. The van der Waals surface area contributed by atoms with E-state index in [1.54, 1.807) is 31.5 Å². The van der Waals surface area contributed by atoms with Gasteiger partial charge in [-0.15, -0.1) is 0 Å². The Morgan fingerprint density at radius 2 is 1.78 bits per heavy atom. The van der Waals surface area contributed by atoms with Gasteiger partial charge in [0, 0.05) is 13.0 Å². The Hall–Kier alpha value is -3.11. The SMILES string of the molecule is CCOC(=O)CCCCN(c1c(C)cccc1C(=O)NO)S(=O)(=O)c1ccc(OC)cc1. The fourth-order valence-electron chi connectivity index (χ4n) is 3.22. The number of unbranched alkanes of at least 4 members (excludes halogenated alkanes) is 1. The van der Waals surface area contributed by atoms with E-state index in [0.29, 0.717) is 24.2 Å². The first-order valence-corrected chi connectivity index (χ1v) is 11.6. The van der Waals surface area contributed by atoms with Crippen LogP contribution in [0.2, 0.25) is 0 Å². The average molecular weight is 465 g/mol. The molecule has 0 unspecified atom stereocenters. The van der Waals surface area contributed by atoms with E-state index in [1.165, 1.54) is 37.4 Å². The number of benzene rings is 2. The van der Waals surface area contributed by atoms with Gasteiger partial charge in [0.05, 0.1) is 29.9 Å². The van der Waals surface area contributed by atoms with Crippen molar-refractivity contribution < 1.29 is 32.7 Å². The average Bonchev–Trinajstić information content (AvgIpc) is 2.79. The third-order valence-electron chi connectivity index (χ3n) is 4.78. The number of hydrogen-bond donors (Lipinski definition) is 2. The number of hydroxylamine groups is 1. The van der Waals surface area contributed by atoms with Crippen molar-refractivity contribution in [2.24, 2.45) is 0 Å². The third-order valence-corrected chi connectivity index (χ3v) is 6.59. The van der Waals surface area contributed by atoms with E-state index >= 15 is 0 Å². The van der Waals surface area contributed by atoms with Crippen LogP contribution < -0.4 is 14.5 Å². The topological polar surface area (TPSA) is 122 Å². The van der Waals surface area contributed by atoms with Gasteiger partial charge in [0.1, 0.15) is 5.75 Å². The van der Waals surface area contributed by atoms with Crippen LogP contribution in [0.5, 0.6) is 5.75 Å². The van der Waals surface area contributed by atoms with Crippen molar-refractivity contribution in [1.29, 1.82) is 0 Å². The lowest BCUT2D eigenvalue weighted by Crippen LogP contribution is -2.35. The molecule has 174 valence electrons. The molecule has 0 atom stereocenters. The van der Waals surface area contributed by atoms with Gasteiger partial charge in [-0.2, -0.15) is 0 Å². The van der Waals surface area contributed by atoms with Crippen molar-refractivity contribution in [3.63, 3.8) is 0 Å². The summed E-state index contributed by atoms with van der Waals surface area (Å²) >= 11 is 0. The summed E-state index contributed by atoms with van der Waals surface area (Å²) in [4.78, 5) is 23.9. The third kappa shape index (κ3) is 5.98. The molecular weight excluding hydrogens is 436 g/mol. The summed E-state index contributed by atoms with van der Waals surface area (Å²) in [6.45, 7) is 3.69. The summed E-state index contributed by atoms with van der Waals surface area (Å²) in [5, 5.41) is 9.16. The number of nitrogens with zero attached hydrogens (tertiary/aromatic N) is 1. The molecule has 0 aromatic heterocycles. The van der Waals surface area contributed by atoms with Crippen LogP contribution in [-0.4, -0.2) is 45.8 Å². The lowest BCUT2D eigenvalue weighted by atomic mass is 10.1. The second-order valence-electron chi connectivity index (χ2n) is 6.93. The Labute approximate surface area is 188 Å². The maximum absolute atomic E-state index is 13.6. The number of ether oxygens (including phenoxy) is 2. The minimum absolute atomic E-state index is 0.00924. The molecule has 2 rings (SSSR count). The molecule has 0 aliphatic carbocycles. The first-order valence-electron chi connectivity index (χ1n) is 10.1. The zero-order valence-electron chi connectivity index (χ0n) is 18.3. The molecule has 0 spiro atoms. The normalized spacial score (nSPS) is 11.0. The van der Waals surface area contributed by atoms with Crippen LogP contribution in [-0.2, 0) is 19.6 Å². The van der Waals surface area contributed by atoms with Gasteiger partial charge in [0.25, 0.3) is 15.9 Å². The van der Waals surface area contributed by atoms with Gasteiger partial charge in [0.15, 0.2) is 0 Å². The van der Waals surface area contributed by atoms with Gasteiger partial charge in [-0.3, -0.25) is 19.1 Å². The van der Waals surface area contributed by atoms with Crippen LogP contribution in [0.15, 0.2) is 47.4 Å². The summed E-state index contributed by atoms with van der Waals surface area (Å²) in [5.41, 5.74) is 2.27. The van der Waals surface area contributed by atoms with Gasteiger partial charge < -0.3 is 9.47 Å². The number of para-hydroxylation sites is 1. The van der Waals surface area contributed by atoms with E-state index in [1.807, 2.05) is 0 Å². The molecule has 0 radical (unpaired) electrons. The van der Waals surface area contributed by atoms with Crippen molar-refractivity contribution in [3.8, 4) is 5.75 Å². The smallest absolute Gasteiger partial charge is 0.305 e. The fourth-order valence-corrected chi connectivity index (χ4v) is 4.81. The van der Waals surface area contributed by atoms with Crippen LogP contribution >= 0.6 is 0 Å². The standard InChI is InChI=1S/C22H28N2O7S/c1-4-31-20(25)10-5-6-15-24(21-16(2)8-7-9-19(21)22(26)23-27)32(28,29)18-13-11-17(30-3)12-14-18/h7-9,11-14,27H,4-6,10,15H2,1-3H3,(H,23,26). The van der Waals surface area contributed by atoms with E-state index < -0.39 is 15.9 Å². The van der Waals surface area contributed by atoms with E-state index in [-0.39, 0.29) is 41.7 Å². The highest BCUT2D eigenvalue weighted by Gasteiger charge is 2.29. The van der Waals surface area contributed by atoms with Gasteiger partial charge >= 0.3 is 5.97 Å². The minimum atomic E-state index is -4.08. The van der Waals surface area contributed by atoms with Crippen molar-refractivity contribution in [2.75, 3.05) is 24.6 Å². The summed E-state index contributed by atoms with van der Waals surface area (Å²) < 4.78 is 38.3. The zero-order chi connectivity index (χ0) is 23.7. The molecule has 1 amide bonds. The molecule has 0 bridgehead atoms. The van der Waals surface area contributed by atoms with E-state index in [2.05, 4.69) is 0 Å².